The first-order valence-electron chi connectivity index (χ1n) is 6.60. The monoisotopic (exact) mass is 212 g/mol. The standard InChI is InChI=1S/C14H28O/c1-3-5-7-9-10-12-14-15-13-11-8-6-4-2/h3H,1,4-14H2,2H3. The molecule has 0 amide bonds. The van der Waals surface area contributed by atoms with E-state index in [-0.39, 0.29) is 0 Å². The summed E-state index contributed by atoms with van der Waals surface area (Å²) in [6.07, 6.45) is 13.6. The van der Waals surface area contributed by atoms with Gasteiger partial charge in [0.05, 0.1) is 0 Å². The van der Waals surface area contributed by atoms with Crippen molar-refractivity contribution in [3.63, 3.8) is 0 Å². The minimum absolute atomic E-state index is 0.959. The van der Waals surface area contributed by atoms with Gasteiger partial charge in [0.15, 0.2) is 0 Å². The summed E-state index contributed by atoms with van der Waals surface area (Å²) in [6, 6.07) is 0. The van der Waals surface area contributed by atoms with E-state index >= 15 is 0 Å². The van der Waals surface area contributed by atoms with Gasteiger partial charge in [-0.25, -0.2) is 0 Å². The Morgan fingerprint density at radius 3 is 2.07 bits per heavy atom. The van der Waals surface area contributed by atoms with Crippen LogP contribution in [0.2, 0.25) is 0 Å². The quantitative estimate of drug-likeness (QED) is 0.336. The summed E-state index contributed by atoms with van der Waals surface area (Å²) in [5.41, 5.74) is 0. The van der Waals surface area contributed by atoms with Crippen LogP contribution in [0.1, 0.15) is 64.7 Å². The van der Waals surface area contributed by atoms with Crippen LogP contribution < -0.4 is 0 Å². The fourth-order valence-electron chi connectivity index (χ4n) is 1.58. The molecule has 0 aromatic carbocycles. The molecule has 0 saturated heterocycles. The maximum atomic E-state index is 5.57. The van der Waals surface area contributed by atoms with Gasteiger partial charge in [0, 0.05) is 13.2 Å². The van der Waals surface area contributed by atoms with Gasteiger partial charge in [-0.15, -0.1) is 6.58 Å². The topological polar surface area (TPSA) is 9.23 Å². The zero-order valence-corrected chi connectivity index (χ0v) is 10.5. The minimum atomic E-state index is 0.959. The summed E-state index contributed by atoms with van der Waals surface area (Å²) in [4.78, 5) is 0. The van der Waals surface area contributed by atoms with Gasteiger partial charge in [-0.1, -0.05) is 45.1 Å². The van der Waals surface area contributed by atoms with Crippen molar-refractivity contribution in [3.8, 4) is 0 Å². The highest BCUT2D eigenvalue weighted by atomic mass is 16.5. The van der Waals surface area contributed by atoms with Crippen LogP contribution >= 0.6 is 0 Å². The second-order valence-electron chi connectivity index (χ2n) is 4.16. The van der Waals surface area contributed by atoms with Crippen LogP contribution in [0.3, 0.4) is 0 Å². The highest BCUT2D eigenvalue weighted by Crippen LogP contribution is 2.04. The lowest BCUT2D eigenvalue weighted by molar-refractivity contribution is 0.126. The third-order valence-electron chi connectivity index (χ3n) is 2.59. The molecule has 0 spiro atoms. The van der Waals surface area contributed by atoms with E-state index in [4.69, 9.17) is 4.74 Å². The summed E-state index contributed by atoms with van der Waals surface area (Å²) in [6.45, 7) is 7.88. The minimum Gasteiger partial charge on any atom is -0.381 e. The summed E-state index contributed by atoms with van der Waals surface area (Å²) >= 11 is 0. The molecule has 0 rings (SSSR count). The van der Waals surface area contributed by atoms with Crippen LogP contribution in [0.15, 0.2) is 12.7 Å². The van der Waals surface area contributed by atoms with E-state index in [1.807, 2.05) is 6.08 Å². The summed E-state index contributed by atoms with van der Waals surface area (Å²) in [5.74, 6) is 0. The largest absolute Gasteiger partial charge is 0.381 e. The predicted octanol–water partition coefficient (Wildman–Crippen LogP) is 4.72. The molecule has 0 saturated carbocycles. The van der Waals surface area contributed by atoms with Crippen molar-refractivity contribution in [2.45, 2.75) is 64.7 Å². The number of rotatable bonds is 12. The van der Waals surface area contributed by atoms with E-state index in [0.717, 1.165) is 19.6 Å². The summed E-state index contributed by atoms with van der Waals surface area (Å²) in [5, 5.41) is 0. The zero-order valence-electron chi connectivity index (χ0n) is 10.5. The van der Waals surface area contributed by atoms with Crippen molar-refractivity contribution in [1.82, 2.24) is 0 Å². The van der Waals surface area contributed by atoms with Crippen molar-refractivity contribution in [1.29, 1.82) is 0 Å². The molecule has 0 aliphatic rings. The molecule has 1 nitrogen and oxygen atoms in total. The Balaban J connectivity index is 2.83. The Morgan fingerprint density at radius 1 is 0.867 bits per heavy atom. The molecule has 90 valence electrons. The van der Waals surface area contributed by atoms with Crippen LogP contribution in [-0.4, -0.2) is 13.2 Å². The lowest BCUT2D eigenvalue weighted by Gasteiger charge is -2.03. The first-order valence-corrected chi connectivity index (χ1v) is 6.60. The Kier molecular flexibility index (Phi) is 13.4. The second kappa shape index (κ2) is 13.7. The van der Waals surface area contributed by atoms with E-state index in [2.05, 4.69) is 13.5 Å². The van der Waals surface area contributed by atoms with Crippen LogP contribution in [0.25, 0.3) is 0 Å². The van der Waals surface area contributed by atoms with Crippen LogP contribution in [0.5, 0.6) is 0 Å². The number of allylic oxidation sites excluding steroid dienone is 1. The maximum absolute atomic E-state index is 5.57. The molecule has 0 heterocycles. The van der Waals surface area contributed by atoms with Gasteiger partial charge in [-0.3, -0.25) is 0 Å². The Bertz CT molecular complexity index is 121. The van der Waals surface area contributed by atoms with Gasteiger partial charge in [-0.05, 0) is 25.7 Å². The van der Waals surface area contributed by atoms with Gasteiger partial charge in [0.2, 0.25) is 0 Å². The Labute approximate surface area is 95.9 Å². The molecule has 0 aromatic rings. The van der Waals surface area contributed by atoms with Crippen LogP contribution in [0, 0.1) is 0 Å². The van der Waals surface area contributed by atoms with E-state index in [1.54, 1.807) is 0 Å². The molecule has 0 radical (unpaired) electrons. The van der Waals surface area contributed by atoms with Gasteiger partial charge < -0.3 is 4.74 Å². The molecular weight excluding hydrogens is 184 g/mol. The molecule has 1 heteroatoms. The van der Waals surface area contributed by atoms with Gasteiger partial charge in [0.25, 0.3) is 0 Å². The van der Waals surface area contributed by atoms with Crippen LogP contribution in [0.4, 0.5) is 0 Å². The average Bonchev–Trinajstić information content (AvgIpc) is 2.26. The first-order chi connectivity index (χ1) is 7.41. The third-order valence-corrected chi connectivity index (χ3v) is 2.59. The summed E-state index contributed by atoms with van der Waals surface area (Å²) in [7, 11) is 0. The molecule has 0 N–H and O–H groups in total. The van der Waals surface area contributed by atoms with Crippen molar-refractivity contribution >= 4 is 0 Å². The molecule has 0 aromatic heterocycles. The van der Waals surface area contributed by atoms with Gasteiger partial charge >= 0.3 is 0 Å². The number of unbranched alkanes of at least 4 members (excludes halogenated alkanes) is 7. The van der Waals surface area contributed by atoms with E-state index < -0.39 is 0 Å². The number of hydrogen-bond acceptors (Lipinski definition) is 1. The Morgan fingerprint density at radius 2 is 1.47 bits per heavy atom. The lowest BCUT2D eigenvalue weighted by Crippen LogP contribution is -1.97. The maximum Gasteiger partial charge on any atom is 0.0466 e. The predicted molar refractivity (Wildman–Crippen MR) is 68.2 cm³/mol. The fraction of sp³-hybridized carbons (Fsp3) is 0.857. The normalized spacial score (nSPS) is 10.5. The zero-order chi connectivity index (χ0) is 11.2. The van der Waals surface area contributed by atoms with Crippen LogP contribution in [-0.2, 0) is 4.74 Å². The smallest absolute Gasteiger partial charge is 0.0466 e. The van der Waals surface area contributed by atoms with Crippen molar-refractivity contribution in [2.24, 2.45) is 0 Å². The van der Waals surface area contributed by atoms with Crippen molar-refractivity contribution in [2.75, 3.05) is 13.2 Å². The summed E-state index contributed by atoms with van der Waals surface area (Å²) < 4.78 is 5.57. The van der Waals surface area contributed by atoms with Gasteiger partial charge in [0.1, 0.15) is 0 Å². The molecule has 0 unspecified atom stereocenters. The Hall–Kier alpha value is -0.300. The molecule has 0 aliphatic heterocycles. The SMILES string of the molecule is C=CCCCCCCOCCCCCC. The van der Waals surface area contributed by atoms with Crippen molar-refractivity contribution in [3.05, 3.63) is 12.7 Å². The number of ether oxygens (including phenoxy) is 1. The van der Waals surface area contributed by atoms with Crippen molar-refractivity contribution < 1.29 is 4.74 Å². The molecule has 0 bridgehead atoms. The second-order valence-corrected chi connectivity index (χ2v) is 4.16. The molecule has 0 fully saturated rings. The molecule has 0 aliphatic carbocycles. The number of hydrogen-bond donors (Lipinski definition) is 0. The highest BCUT2D eigenvalue weighted by molar-refractivity contribution is 4.65. The molecule has 0 atom stereocenters. The molecular formula is C14H28O. The first kappa shape index (κ1) is 14.7. The van der Waals surface area contributed by atoms with E-state index in [9.17, 15) is 0 Å². The molecule has 15 heavy (non-hydrogen) atoms. The third kappa shape index (κ3) is 13.7. The van der Waals surface area contributed by atoms with E-state index in [1.165, 1.54) is 51.4 Å². The fourth-order valence-corrected chi connectivity index (χ4v) is 1.58. The lowest BCUT2D eigenvalue weighted by atomic mass is 10.1. The average molecular weight is 212 g/mol. The highest BCUT2D eigenvalue weighted by Gasteiger charge is 1.91. The van der Waals surface area contributed by atoms with Gasteiger partial charge in [-0.2, -0.15) is 0 Å². The van der Waals surface area contributed by atoms with E-state index in [0.29, 0.717) is 0 Å².